The number of ether oxygens (including phenoxy) is 9. The van der Waals surface area contributed by atoms with Gasteiger partial charge in [-0.05, 0) is 195 Å². The Bertz CT molecular complexity index is 3390. The molecule has 6 aromatic carbocycles. The van der Waals surface area contributed by atoms with Crippen LogP contribution in [0.1, 0.15) is 287 Å². The minimum absolute atomic E-state index is 0.334. The van der Waals surface area contributed by atoms with Crippen molar-refractivity contribution >= 4 is 17.9 Å². The zero-order valence-electron chi connectivity index (χ0n) is 66.2. The van der Waals surface area contributed by atoms with Crippen LogP contribution < -0.4 is 28.4 Å². The van der Waals surface area contributed by atoms with Crippen LogP contribution in [0.5, 0.6) is 34.5 Å². The highest BCUT2D eigenvalue weighted by Crippen LogP contribution is 2.47. The summed E-state index contributed by atoms with van der Waals surface area (Å²) < 4.78 is 59.1. The Morgan fingerprint density at radius 2 is 0.374 bits per heavy atom. The van der Waals surface area contributed by atoms with Gasteiger partial charge in [0.05, 0.1) is 21.3 Å². The fraction of sp³-hybridized carbons (Fsp3) is 0.552. The number of esters is 3. The van der Waals surface area contributed by atoms with Gasteiger partial charge in [0.1, 0.15) is 51.3 Å². The summed E-state index contributed by atoms with van der Waals surface area (Å²) in [6.07, 6.45) is 2.11. The third-order valence-corrected chi connectivity index (χ3v) is 17.8. The van der Waals surface area contributed by atoms with E-state index < -0.39 is 34.7 Å². The number of hydrogen-bond donors (Lipinski definition) is 0. The molecule has 0 saturated heterocycles. The molecule has 0 fully saturated rings. The van der Waals surface area contributed by atoms with E-state index >= 15 is 0 Å². The van der Waals surface area contributed by atoms with Crippen molar-refractivity contribution in [1.82, 2.24) is 0 Å². The van der Waals surface area contributed by atoms with E-state index in [1.54, 1.807) is 21.3 Å². The first-order valence-corrected chi connectivity index (χ1v) is 35.4. The van der Waals surface area contributed by atoms with Crippen LogP contribution in [0.15, 0.2) is 72.8 Å². The largest absolute Gasteiger partial charge is 0.496 e. The Labute approximate surface area is 595 Å². The molecule has 99 heavy (non-hydrogen) atoms. The maximum atomic E-state index is 14.0. The summed E-state index contributed by atoms with van der Waals surface area (Å²) in [5.41, 5.74) is 12.8. The molecule has 0 unspecified atom stereocenters. The lowest BCUT2D eigenvalue weighted by atomic mass is 9.79. The van der Waals surface area contributed by atoms with Crippen molar-refractivity contribution < 1.29 is 57.0 Å². The predicted molar refractivity (Wildman–Crippen MR) is 401 cm³/mol. The van der Waals surface area contributed by atoms with E-state index in [0.29, 0.717) is 73.0 Å². The van der Waals surface area contributed by atoms with Crippen molar-refractivity contribution in [1.29, 1.82) is 0 Å². The van der Waals surface area contributed by atoms with Crippen molar-refractivity contribution in [3.8, 4) is 34.5 Å². The van der Waals surface area contributed by atoms with Crippen LogP contribution in [0.25, 0.3) is 0 Å². The van der Waals surface area contributed by atoms with Crippen molar-refractivity contribution in [2.75, 3.05) is 41.2 Å². The fourth-order valence-electron chi connectivity index (χ4n) is 12.8. The van der Waals surface area contributed by atoms with Crippen LogP contribution in [0, 0.1) is 0 Å². The molecular weight excluding hydrogens is 1240 g/mol. The van der Waals surface area contributed by atoms with Crippen molar-refractivity contribution in [2.24, 2.45) is 0 Å². The highest BCUT2D eigenvalue weighted by atomic mass is 16.6. The Balaban J connectivity index is 1.73. The summed E-state index contributed by atoms with van der Waals surface area (Å²) in [5.74, 6) is 2.29. The number of benzene rings is 6. The number of carbonyl (C=O) groups excluding carboxylic acids is 3. The standard InChI is InChI=1S/C87H120O12/c1-79(2,3)64-37-52-31-58-43-67(82(10,11)12)45-60(76(58)94-49-70(88)97-85(19,20)21)33-54-39-65(80(4,5)6)41-56(74(54)92-29)35-62-47-69(84(16,17)18)48-63(78(62)96-51-72(90)99-87(25,26)27)36-57-42-66(81(7,8)9)40-55(75(57)93-30)34-61-46-68(83(13,14)15)44-59(32-53(38-64)73(52)91-28)77(61)95-50-71(89)98-86(22,23)24/h37-48H,31-36,49-51H2,1-30H3. The van der Waals surface area contributed by atoms with Gasteiger partial charge in [0.2, 0.25) is 0 Å². The summed E-state index contributed by atoms with van der Waals surface area (Å²) in [7, 11) is 5.20. The van der Waals surface area contributed by atoms with Gasteiger partial charge in [0, 0.05) is 38.5 Å². The molecule has 0 aliphatic heterocycles. The average molecular weight is 1360 g/mol. The van der Waals surface area contributed by atoms with Gasteiger partial charge in [0.25, 0.3) is 0 Å². The third-order valence-electron chi connectivity index (χ3n) is 17.8. The number of hydrogen-bond acceptors (Lipinski definition) is 12. The van der Waals surface area contributed by atoms with Crippen LogP contribution in [-0.2, 0) is 99.6 Å². The molecule has 12 nitrogen and oxygen atoms in total. The minimum atomic E-state index is -0.762. The SMILES string of the molecule is COc1c2cc(C(C)(C)C)cc1Cc1cc(C(C)(C)C)cc(c1OCC(=O)OC(C)(C)C)Cc1cc(C(C)(C)C)cc(c1OC)Cc1cc(C(C)(C)C)cc(c1OCC(=O)OC(C)(C)C)Cc1cc(C(C)(C)C)cc(c1OC)Cc1cc(C(C)(C)C)cc(c1OCC(=O)OC(C)(C)C)C2. The second-order valence-corrected chi connectivity index (χ2v) is 36.5. The molecule has 0 N–H and O–H groups in total. The van der Waals surface area contributed by atoms with E-state index in [4.69, 9.17) is 42.6 Å². The molecular formula is C87H120O12. The smallest absolute Gasteiger partial charge is 0.344 e. The van der Waals surface area contributed by atoms with Crippen LogP contribution in [0.2, 0.25) is 0 Å². The molecule has 1 aliphatic rings. The van der Waals surface area contributed by atoms with Crippen molar-refractivity contribution in [2.45, 2.75) is 275 Å². The summed E-state index contributed by atoms with van der Waals surface area (Å²) in [5, 5.41) is 0. The minimum Gasteiger partial charge on any atom is -0.496 e. The summed E-state index contributed by atoms with van der Waals surface area (Å²) in [4.78, 5) is 42.1. The molecule has 0 aromatic heterocycles. The van der Waals surface area contributed by atoms with Crippen LogP contribution in [0.4, 0.5) is 0 Å². The molecule has 6 aromatic rings. The zero-order chi connectivity index (χ0) is 74.3. The van der Waals surface area contributed by atoms with E-state index in [0.717, 1.165) is 100 Å². The first-order chi connectivity index (χ1) is 45.2. The van der Waals surface area contributed by atoms with E-state index in [1.807, 2.05) is 62.3 Å². The summed E-state index contributed by atoms with van der Waals surface area (Å²) >= 11 is 0. The first kappa shape index (κ1) is 78.9. The highest BCUT2D eigenvalue weighted by molar-refractivity contribution is 5.73. The van der Waals surface area contributed by atoms with Crippen LogP contribution in [0.3, 0.4) is 0 Å². The molecule has 0 amide bonds. The Morgan fingerprint density at radius 1 is 0.242 bits per heavy atom. The maximum absolute atomic E-state index is 14.0. The quantitative estimate of drug-likeness (QED) is 0.0851. The van der Waals surface area contributed by atoms with Gasteiger partial charge in [-0.3, -0.25) is 0 Å². The van der Waals surface area contributed by atoms with Crippen molar-refractivity contribution in [3.63, 3.8) is 0 Å². The zero-order valence-corrected chi connectivity index (χ0v) is 66.2. The Hall–Kier alpha value is -7.47. The Morgan fingerprint density at radius 3 is 0.485 bits per heavy atom. The molecule has 1 aliphatic carbocycles. The van der Waals surface area contributed by atoms with Crippen molar-refractivity contribution in [3.05, 3.63) is 173 Å². The van der Waals surface area contributed by atoms with Gasteiger partial charge in [-0.2, -0.15) is 0 Å². The van der Waals surface area contributed by atoms with Gasteiger partial charge in [-0.25, -0.2) is 14.4 Å². The molecule has 0 atom stereocenters. The molecule has 0 radical (unpaired) electrons. The maximum Gasteiger partial charge on any atom is 0.344 e. The van der Waals surface area contributed by atoms with Gasteiger partial charge in [0.15, 0.2) is 19.8 Å². The molecule has 0 saturated carbocycles. The number of fused-ring (bicyclic) bond motifs is 12. The number of methoxy groups -OCH3 is 3. The van der Waals surface area contributed by atoms with E-state index in [1.165, 1.54) is 0 Å². The molecule has 540 valence electrons. The predicted octanol–water partition coefficient (Wildman–Crippen LogP) is 19.5. The van der Waals surface area contributed by atoms with Crippen LogP contribution in [-0.4, -0.2) is 75.9 Å². The topological polar surface area (TPSA) is 134 Å². The lowest BCUT2D eigenvalue weighted by molar-refractivity contribution is -0.158. The average Bonchev–Trinajstić information content (AvgIpc) is 0.772. The normalized spacial score (nSPS) is 13.8. The second kappa shape index (κ2) is 29.2. The molecule has 12 heteroatoms. The monoisotopic (exact) mass is 1360 g/mol. The molecule has 12 bridgehead atoms. The third kappa shape index (κ3) is 20.8. The number of carbonyl (C=O) groups is 3. The fourth-order valence-corrected chi connectivity index (χ4v) is 12.8. The van der Waals surface area contributed by atoms with Gasteiger partial charge >= 0.3 is 17.9 Å². The summed E-state index contributed by atoms with van der Waals surface area (Å²) in [6, 6.07) is 26.9. The molecule has 0 spiro atoms. The highest BCUT2D eigenvalue weighted by Gasteiger charge is 2.33. The Kier molecular flexibility index (Phi) is 23.3. The van der Waals surface area contributed by atoms with E-state index in [-0.39, 0.29) is 52.3 Å². The second-order valence-electron chi connectivity index (χ2n) is 36.5. The molecule has 7 rings (SSSR count). The lowest BCUT2D eigenvalue weighted by Crippen LogP contribution is -2.28. The number of rotatable bonds is 12. The van der Waals surface area contributed by atoms with Gasteiger partial charge < -0.3 is 42.6 Å². The van der Waals surface area contributed by atoms with E-state index in [2.05, 4.69) is 197 Å². The molecule has 0 heterocycles. The summed E-state index contributed by atoms with van der Waals surface area (Å²) in [6.45, 7) is 55.7. The lowest BCUT2D eigenvalue weighted by Gasteiger charge is -2.29. The first-order valence-electron chi connectivity index (χ1n) is 35.4. The van der Waals surface area contributed by atoms with Gasteiger partial charge in [-0.1, -0.05) is 197 Å². The van der Waals surface area contributed by atoms with E-state index in [9.17, 15) is 14.4 Å². The van der Waals surface area contributed by atoms with Gasteiger partial charge in [-0.15, -0.1) is 0 Å². The van der Waals surface area contributed by atoms with Crippen LogP contribution >= 0.6 is 0 Å².